The van der Waals surface area contributed by atoms with Crippen LogP contribution in [-0.4, -0.2) is 22.2 Å². The number of aryl methyl sites for hydroxylation is 2. The normalized spacial score (nSPS) is 14.2. The molecule has 96 valence electrons. The summed E-state index contributed by atoms with van der Waals surface area (Å²) in [5.41, 5.74) is 0.333. The van der Waals surface area contributed by atoms with Crippen LogP contribution in [0.25, 0.3) is 6.08 Å². The minimum Gasteiger partial charge on any atom is -0.506 e. The van der Waals surface area contributed by atoms with Gasteiger partial charge in [-0.2, -0.15) is 22.0 Å². The maximum atomic E-state index is 12.6. The molecular formula is C9H8F5NO2. The average molecular weight is 257 g/mol. The molecule has 0 aliphatic carbocycles. The first-order valence-electron chi connectivity index (χ1n) is 4.35. The van der Waals surface area contributed by atoms with E-state index in [0.29, 0.717) is 5.69 Å². The smallest absolute Gasteiger partial charge is 0.461 e. The van der Waals surface area contributed by atoms with Gasteiger partial charge in [0, 0.05) is 6.08 Å². The van der Waals surface area contributed by atoms with E-state index in [2.05, 4.69) is 4.98 Å². The number of aliphatic hydroxyl groups is 1. The van der Waals surface area contributed by atoms with Crippen molar-refractivity contribution in [3.63, 3.8) is 0 Å². The number of alkyl halides is 5. The zero-order chi connectivity index (χ0) is 13.4. The van der Waals surface area contributed by atoms with Gasteiger partial charge in [0.05, 0.1) is 5.69 Å². The maximum absolute atomic E-state index is 12.6. The summed E-state index contributed by atoms with van der Waals surface area (Å²) in [7, 11) is 0. The third kappa shape index (κ3) is 2.56. The molecule has 0 aliphatic heterocycles. The number of aromatic nitrogens is 1. The number of halogens is 5. The lowest BCUT2D eigenvalue weighted by atomic mass is 10.2. The zero-order valence-corrected chi connectivity index (χ0v) is 8.77. The van der Waals surface area contributed by atoms with E-state index in [0.717, 1.165) is 0 Å². The third-order valence-corrected chi connectivity index (χ3v) is 1.98. The molecular weight excluding hydrogens is 249 g/mol. The molecule has 0 spiro atoms. The van der Waals surface area contributed by atoms with Crippen LogP contribution in [0.2, 0.25) is 0 Å². The molecule has 0 unspecified atom stereocenters. The van der Waals surface area contributed by atoms with Gasteiger partial charge in [-0.25, -0.2) is 4.98 Å². The fraction of sp³-hybridized carbons (Fsp3) is 0.444. The first-order chi connectivity index (χ1) is 7.55. The fourth-order valence-corrected chi connectivity index (χ4v) is 0.912. The molecule has 1 aromatic rings. The molecule has 1 N–H and O–H groups in total. The van der Waals surface area contributed by atoms with Crippen molar-refractivity contribution in [3.8, 4) is 0 Å². The lowest BCUT2D eigenvalue weighted by Gasteiger charge is -2.18. The number of hydrogen-bond donors (Lipinski definition) is 1. The standard InChI is InChI=1S/C9H8F5NO2/c1-4-5(2)17-7(15-4)3-6(16)8(10,11)9(12,13)14/h3,16H,1-2H3/b6-3-. The molecule has 3 nitrogen and oxygen atoms in total. The Balaban J connectivity index is 3.08. The Morgan fingerprint density at radius 1 is 1.24 bits per heavy atom. The molecule has 17 heavy (non-hydrogen) atoms. The first-order valence-corrected chi connectivity index (χ1v) is 4.35. The van der Waals surface area contributed by atoms with Crippen LogP contribution in [0, 0.1) is 13.8 Å². The summed E-state index contributed by atoms with van der Waals surface area (Å²) in [5, 5.41) is 8.76. The summed E-state index contributed by atoms with van der Waals surface area (Å²) in [6, 6.07) is 0. The van der Waals surface area contributed by atoms with E-state index >= 15 is 0 Å². The first kappa shape index (κ1) is 13.5. The summed E-state index contributed by atoms with van der Waals surface area (Å²) in [5.74, 6) is -7.74. The number of hydrogen-bond acceptors (Lipinski definition) is 3. The van der Waals surface area contributed by atoms with Crippen LogP contribution in [0.15, 0.2) is 10.2 Å². The summed E-state index contributed by atoms with van der Waals surface area (Å²) < 4.78 is 65.6. The highest BCUT2D eigenvalue weighted by molar-refractivity contribution is 5.44. The van der Waals surface area contributed by atoms with Gasteiger partial charge in [-0.15, -0.1) is 0 Å². The van der Waals surface area contributed by atoms with E-state index in [1.807, 2.05) is 0 Å². The highest BCUT2D eigenvalue weighted by atomic mass is 19.4. The van der Waals surface area contributed by atoms with Gasteiger partial charge in [-0.05, 0) is 13.8 Å². The van der Waals surface area contributed by atoms with Crippen molar-refractivity contribution in [2.75, 3.05) is 0 Å². The predicted octanol–water partition coefficient (Wildman–Crippen LogP) is 3.39. The van der Waals surface area contributed by atoms with Crippen molar-refractivity contribution in [1.82, 2.24) is 4.98 Å². The number of aliphatic hydroxyl groups excluding tert-OH is 1. The molecule has 1 rings (SSSR count). The Labute approximate surface area is 92.6 Å². The Hall–Kier alpha value is -1.60. The van der Waals surface area contributed by atoms with Crippen LogP contribution in [0.5, 0.6) is 0 Å². The fourth-order valence-electron chi connectivity index (χ4n) is 0.912. The number of oxazole rings is 1. The Morgan fingerprint density at radius 3 is 2.12 bits per heavy atom. The van der Waals surface area contributed by atoms with Crippen molar-refractivity contribution in [3.05, 3.63) is 23.1 Å². The average Bonchev–Trinajstić information content (AvgIpc) is 2.43. The van der Waals surface area contributed by atoms with E-state index in [1.54, 1.807) is 0 Å². The van der Waals surface area contributed by atoms with Crippen LogP contribution in [0.3, 0.4) is 0 Å². The van der Waals surface area contributed by atoms with Gasteiger partial charge in [-0.3, -0.25) is 0 Å². The van der Waals surface area contributed by atoms with E-state index in [9.17, 15) is 22.0 Å². The molecule has 0 aromatic carbocycles. The van der Waals surface area contributed by atoms with Gasteiger partial charge < -0.3 is 9.52 Å². The van der Waals surface area contributed by atoms with Crippen LogP contribution in [0.1, 0.15) is 17.3 Å². The number of nitrogens with zero attached hydrogens (tertiary/aromatic N) is 1. The third-order valence-electron chi connectivity index (χ3n) is 1.98. The van der Waals surface area contributed by atoms with Crippen molar-refractivity contribution in [2.24, 2.45) is 0 Å². The van der Waals surface area contributed by atoms with E-state index in [4.69, 9.17) is 9.52 Å². The Bertz CT molecular complexity index is 427. The highest BCUT2D eigenvalue weighted by Crippen LogP contribution is 2.40. The summed E-state index contributed by atoms with van der Waals surface area (Å²) in [4.78, 5) is 3.54. The molecule has 0 saturated heterocycles. The molecule has 1 heterocycles. The second-order valence-corrected chi connectivity index (χ2v) is 3.30. The van der Waals surface area contributed by atoms with Gasteiger partial charge in [0.1, 0.15) is 5.76 Å². The van der Waals surface area contributed by atoms with Crippen LogP contribution < -0.4 is 0 Å². The summed E-state index contributed by atoms with van der Waals surface area (Å²) >= 11 is 0. The molecule has 0 aliphatic rings. The molecule has 0 fully saturated rings. The van der Waals surface area contributed by atoms with Gasteiger partial charge in [-0.1, -0.05) is 0 Å². The minimum absolute atomic E-state index is 0.146. The molecule has 0 bridgehead atoms. The van der Waals surface area contributed by atoms with E-state index in [1.165, 1.54) is 13.8 Å². The SMILES string of the molecule is Cc1nc(/C=C(\O)C(F)(F)C(F)(F)F)oc1C. The number of rotatable bonds is 2. The monoisotopic (exact) mass is 257 g/mol. The Morgan fingerprint density at radius 2 is 1.76 bits per heavy atom. The predicted molar refractivity (Wildman–Crippen MR) is 47.6 cm³/mol. The van der Waals surface area contributed by atoms with Crippen molar-refractivity contribution in [1.29, 1.82) is 0 Å². The second kappa shape index (κ2) is 4.01. The lowest BCUT2D eigenvalue weighted by molar-refractivity contribution is -0.273. The Kier molecular flexibility index (Phi) is 3.17. The molecule has 0 atom stereocenters. The largest absolute Gasteiger partial charge is 0.506 e. The molecule has 0 saturated carbocycles. The van der Waals surface area contributed by atoms with Crippen LogP contribution >= 0.6 is 0 Å². The topological polar surface area (TPSA) is 46.3 Å². The lowest BCUT2D eigenvalue weighted by Crippen LogP contribution is -2.38. The quantitative estimate of drug-likeness (QED) is 0.652. The van der Waals surface area contributed by atoms with Crippen LogP contribution in [-0.2, 0) is 0 Å². The van der Waals surface area contributed by atoms with Crippen molar-refractivity contribution >= 4 is 6.08 Å². The maximum Gasteiger partial charge on any atom is 0.461 e. The second-order valence-electron chi connectivity index (χ2n) is 3.30. The molecule has 0 amide bonds. The van der Waals surface area contributed by atoms with Gasteiger partial charge in [0.15, 0.2) is 5.76 Å². The van der Waals surface area contributed by atoms with Gasteiger partial charge in [0.25, 0.3) is 0 Å². The van der Waals surface area contributed by atoms with E-state index in [-0.39, 0.29) is 11.8 Å². The highest BCUT2D eigenvalue weighted by Gasteiger charge is 2.61. The molecule has 1 aromatic heterocycles. The number of allylic oxidation sites excluding steroid dienone is 1. The van der Waals surface area contributed by atoms with Crippen molar-refractivity contribution < 1.29 is 31.5 Å². The van der Waals surface area contributed by atoms with Gasteiger partial charge >= 0.3 is 12.1 Å². The van der Waals surface area contributed by atoms with Crippen molar-refractivity contribution in [2.45, 2.75) is 25.9 Å². The zero-order valence-electron chi connectivity index (χ0n) is 8.77. The summed E-state index contributed by atoms with van der Waals surface area (Å²) in [6.45, 7) is 2.94. The van der Waals surface area contributed by atoms with Crippen LogP contribution in [0.4, 0.5) is 22.0 Å². The van der Waals surface area contributed by atoms with E-state index < -0.39 is 23.7 Å². The van der Waals surface area contributed by atoms with Gasteiger partial charge in [0.2, 0.25) is 5.89 Å². The molecule has 0 radical (unpaired) electrons. The minimum atomic E-state index is -5.87. The summed E-state index contributed by atoms with van der Waals surface area (Å²) in [6.07, 6.45) is -5.72. The molecule has 8 heteroatoms.